The van der Waals surface area contributed by atoms with Crippen molar-refractivity contribution in [2.24, 2.45) is 4.99 Å². The summed E-state index contributed by atoms with van der Waals surface area (Å²) in [6.45, 7) is 2.46. The highest BCUT2D eigenvalue weighted by Crippen LogP contribution is 2.38. The summed E-state index contributed by atoms with van der Waals surface area (Å²) >= 11 is 4.76. The number of halogens is 1. The number of hydrogen-bond acceptors (Lipinski definition) is 7. The van der Waals surface area contributed by atoms with Gasteiger partial charge in [0.1, 0.15) is 6.61 Å². The van der Waals surface area contributed by atoms with Crippen LogP contribution in [0.3, 0.4) is 0 Å². The molecule has 0 saturated carbocycles. The van der Waals surface area contributed by atoms with Crippen LogP contribution in [0.2, 0.25) is 0 Å². The number of carbonyl (C=O) groups is 3. The number of rotatable bonds is 9. The standard InChI is InChI=1S/C28H23BrN2O7S/c1-3-37-22-12-19(21(29)14-23(22)38-15-16-4-6-17(7-5-16)26(33)34)13-24-25(32)31(2)28(39-24)30-20-10-8-18(9-11-20)27(35)36/h4-14H,3,15H2,1-2H3,(H,33,34)(H,35,36)/b24-13-,30-28?. The average Bonchev–Trinajstić information content (AvgIpc) is 3.17. The summed E-state index contributed by atoms with van der Waals surface area (Å²) in [7, 11) is 1.63. The fourth-order valence-electron chi connectivity index (χ4n) is 3.53. The summed E-state index contributed by atoms with van der Waals surface area (Å²) in [5.74, 6) is -1.26. The monoisotopic (exact) mass is 610 g/mol. The van der Waals surface area contributed by atoms with Crippen molar-refractivity contribution in [1.82, 2.24) is 4.90 Å². The lowest BCUT2D eigenvalue weighted by Crippen LogP contribution is -2.23. The molecule has 1 fully saturated rings. The summed E-state index contributed by atoms with van der Waals surface area (Å²) in [6, 6.07) is 16.0. The molecule has 1 amide bonds. The van der Waals surface area contributed by atoms with Gasteiger partial charge in [-0.25, -0.2) is 14.6 Å². The number of thioether (sulfide) groups is 1. The number of amides is 1. The van der Waals surface area contributed by atoms with Gasteiger partial charge in [0.15, 0.2) is 16.7 Å². The largest absolute Gasteiger partial charge is 0.490 e. The molecule has 3 aromatic rings. The molecule has 0 aliphatic carbocycles. The molecule has 0 spiro atoms. The fraction of sp³-hybridized carbons (Fsp3) is 0.143. The Kier molecular flexibility index (Phi) is 8.72. The van der Waals surface area contributed by atoms with E-state index >= 15 is 0 Å². The minimum absolute atomic E-state index is 0.154. The van der Waals surface area contributed by atoms with Crippen LogP contribution in [-0.2, 0) is 11.4 Å². The van der Waals surface area contributed by atoms with Crippen molar-refractivity contribution >= 4 is 62.5 Å². The number of hydrogen-bond donors (Lipinski definition) is 2. The third-order valence-electron chi connectivity index (χ3n) is 5.59. The van der Waals surface area contributed by atoms with Crippen LogP contribution in [0.25, 0.3) is 6.08 Å². The average molecular weight is 611 g/mol. The van der Waals surface area contributed by atoms with Crippen LogP contribution >= 0.6 is 27.7 Å². The molecule has 1 aliphatic rings. The maximum atomic E-state index is 12.9. The van der Waals surface area contributed by atoms with E-state index in [0.29, 0.717) is 43.9 Å². The molecular formula is C28H23BrN2O7S. The Labute approximate surface area is 236 Å². The molecule has 0 atom stereocenters. The first-order valence-electron chi connectivity index (χ1n) is 11.7. The van der Waals surface area contributed by atoms with Gasteiger partial charge in [-0.1, -0.05) is 28.1 Å². The SMILES string of the molecule is CCOc1cc(/C=C2\SC(=Nc3ccc(C(=O)O)cc3)N(C)C2=O)c(Br)cc1OCc1ccc(C(=O)O)cc1. The molecule has 11 heteroatoms. The molecule has 200 valence electrons. The lowest BCUT2D eigenvalue weighted by molar-refractivity contribution is -0.121. The van der Waals surface area contributed by atoms with Gasteiger partial charge in [-0.15, -0.1) is 0 Å². The van der Waals surface area contributed by atoms with E-state index in [1.165, 1.54) is 40.9 Å². The fourth-order valence-corrected chi connectivity index (χ4v) is 4.94. The summed E-state index contributed by atoms with van der Waals surface area (Å²) in [5, 5.41) is 18.6. The minimum atomic E-state index is -1.02. The molecular weight excluding hydrogens is 588 g/mol. The number of amidine groups is 1. The number of carbonyl (C=O) groups excluding carboxylic acids is 1. The first-order chi connectivity index (χ1) is 18.7. The van der Waals surface area contributed by atoms with Crippen LogP contribution in [0.4, 0.5) is 5.69 Å². The third kappa shape index (κ3) is 6.68. The lowest BCUT2D eigenvalue weighted by atomic mass is 10.1. The van der Waals surface area contributed by atoms with E-state index in [-0.39, 0.29) is 23.6 Å². The van der Waals surface area contributed by atoms with Crippen LogP contribution in [0, 0.1) is 0 Å². The topological polar surface area (TPSA) is 126 Å². The highest BCUT2D eigenvalue weighted by Gasteiger charge is 2.30. The second kappa shape index (κ2) is 12.2. The number of nitrogens with zero attached hydrogens (tertiary/aromatic N) is 2. The van der Waals surface area contributed by atoms with Crippen molar-refractivity contribution < 1.29 is 34.1 Å². The van der Waals surface area contributed by atoms with Crippen molar-refractivity contribution in [2.45, 2.75) is 13.5 Å². The molecule has 0 bridgehead atoms. The van der Waals surface area contributed by atoms with E-state index < -0.39 is 11.9 Å². The Balaban J connectivity index is 1.55. The zero-order valence-electron chi connectivity index (χ0n) is 20.9. The van der Waals surface area contributed by atoms with Gasteiger partial charge < -0.3 is 19.7 Å². The van der Waals surface area contributed by atoms with Crippen LogP contribution in [-0.4, -0.2) is 51.8 Å². The molecule has 1 saturated heterocycles. The number of likely N-dealkylation sites (N-methyl/N-ethyl adjacent to an activating group) is 1. The zero-order chi connectivity index (χ0) is 28.1. The maximum Gasteiger partial charge on any atom is 0.335 e. The van der Waals surface area contributed by atoms with E-state index in [2.05, 4.69) is 20.9 Å². The van der Waals surface area contributed by atoms with Crippen LogP contribution < -0.4 is 9.47 Å². The highest BCUT2D eigenvalue weighted by molar-refractivity contribution is 9.10. The molecule has 1 heterocycles. The number of carboxylic acid groups (broad SMARTS) is 2. The molecule has 1 aliphatic heterocycles. The van der Waals surface area contributed by atoms with Crippen molar-refractivity contribution in [3.05, 3.63) is 92.3 Å². The van der Waals surface area contributed by atoms with E-state index in [1.54, 1.807) is 49.5 Å². The van der Waals surface area contributed by atoms with Gasteiger partial charge in [0.05, 0.1) is 28.3 Å². The number of aromatic carboxylic acids is 2. The van der Waals surface area contributed by atoms with Crippen molar-refractivity contribution in [3.63, 3.8) is 0 Å². The van der Waals surface area contributed by atoms with Gasteiger partial charge in [-0.05, 0) is 84.4 Å². The first-order valence-corrected chi connectivity index (χ1v) is 13.3. The number of carboxylic acids is 2. The first kappa shape index (κ1) is 27.9. The third-order valence-corrected chi connectivity index (χ3v) is 7.33. The smallest absolute Gasteiger partial charge is 0.335 e. The normalized spacial score (nSPS) is 15.2. The Bertz CT molecular complexity index is 1480. The van der Waals surface area contributed by atoms with Gasteiger partial charge in [0.25, 0.3) is 5.91 Å². The molecule has 0 unspecified atom stereocenters. The lowest BCUT2D eigenvalue weighted by Gasteiger charge is -2.14. The number of benzene rings is 3. The van der Waals surface area contributed by atoms with E-state index in [4.69, 9.17) is 19.7 Å². The van der Waals surface area contributed by atoms with Crippen LogP contribution in [0.1, 0.15) is 38.8 Å². The number of aliphatic imine (C=N–C) groups is 1. The Morgan fingerprint density at radius 3 is 2.15 bits per heavy atom. The van der Waals surface area contributed by atoms with Crippen molar-refractivity contribution in [3.8, 4) is 11.5 Å². The molecule has 0 radical (unpaired) electrons. The Morgan fingerprint density at radius 2 is 1.56 bits per heavy atom. The Morgan fingerprint density at radius 1 is 0.974 bits per heavy atom. The number of ether oxygens (including phenoxy) is 2. The van der Waals surface area contributed by atoms with E-state index in [1.807, 2.05) is 6.92 Å². The zero-order valence-corrected chi connectivity index (χ0v) is 23.3. The maximum absolute atomic E-state index is 12.9. The molecule has 39 heavy (non-hydrogen) atoms. The van der Waals surface area contributed by atoms with Gasteiger partial charge >= 0.3 is 11.9 Å². The quantitative estimate of drug-likeness (QED) is 0.280. The molecule has 0 aromatic heterocycles. The van der Waals surface area contributed by atoms with Crippen molar-refractivity contribution in [1.29, 1.82) is 0 Å². The van der Waals surface area contributed by atoms with E-state index in [0.717, 1.165) is 5.56 Å². The minimum Gasteiger partial charge on any atom is -0.490 e. The summed E-state index contributed by atoms with van der Waals surface area (Å²) < 4.78 is 12.4. The van der Waals surface area contributed by atoms with Gasteiger partial charge in [-0.3, -0.25) is 9.69 Å². The summed E-state index contributed by atoms with van der Waals surface area (Å²) in [6.07, 6.45) is 1.74. The van der Waals surface area contributed by atoms with Gasteiger partial charge in [-0.2, -0.15) is 0 Å². The highest BCUT2D eigenvalue weighted by atomic mass is 79.9. The van der Waals surface area contributed by atoms with E-state index in [9.17, 15) is 14.4 Å². The molecule has 4 rings (SSSR count). The van der Waals surface area contributed by atoms with Gasteiger partial charge in [0, 0.05) is 11.5 Å². The second-order valence-corrected chi connectivity index (χ2v) is 10.1. The Hall–Kier alpha value is -4.09. The molecule has 3 aromatic carbocycles. The van der Waals surface area contributed by atoms with Crippen molar-refractivity contribution in [2.75, 3.05) is 13.7 Å². The molecule has 9 nitrogen and oxygen atoms in total. The molecule has 2 N–H and O–H groups in total. The van der Waals surface area contributed by atoms with Crippen LogP contribution in [0.5, 0.6) is 11.5 Å². The van der Waals surface area contributed by atoms with Gasteiger partial charge in [0.2, 0.25) is 0 Å². The summed E-state index contributed by atoms with van der Waals surface area (Å²) in [5.41, 5.74) is 2.38. The van der Waals surface area contributed by atoms with Crippen LogP contribution in [0.15, 0.2) is 75.0 Å². The second-order valence-electron chi connectivity index (χ2n) is 8.27. The summed E-state index contributed by atoms with van der Waals surface area (Å²) in [4.78, 5) is 41.5. The predicted molar refractivity (Wildman–Crippen MR) is 152 cm³/mol. The predicted octanol–water partition coefficient (Wildman–Crippen LogP) is 6.06.